The highest BCUT2D eigenvalue weighted by Crippen LogP contribution is 2.26. The van der Waals surface area contributed by atoms with Crippen molar-refractivity contribution in [2.75, 3.05) is 10.8 Å². The maximum atomic E-state index is 14.5. The van der Waals surface area contributed by atoms with E-state index in [9.17, 15) is 22.4 Å². The summed E-state index contributed by atoms with van der Waals surface area (Å²) in [6.07, 6.45) is 0.933. The van der Waals surface area contributed by atoms with Crippen LogP contribution in [0.1, 0.15) is 42.5 Å². The summed E-state index contributed by atoms with van der Waals surface area (Å²) in [6.45, 7) is 7.22. The monoisotopic (exact) mass is 629 g/mol. The van der Waals surface area contributed by atoms with Gasteiger partial charge >= 0.3 is 0 Å². The lowest BCUT2D eigenvalue weighted by atomic mass is 10.0. The first-order valence-electron chi connectivity index (χ1n) is 15.0. The number of halogens is 1. The molecule has 0 fully saturated rings. The number of rotatable bonds is 13. The highest BCUT2D eigenvalue weighted by molar-refractivity contribution is 7.92. The number of hydrogen-bond donors (Lipinski definition) is 1. The van der Waals surface area contributed by atoms with Crippen LogP contribution in [-0.4, -0.2) is 43.8 Å². The summed E-state index contributed by atoms with van der Waals surface area (Å²) >= 11 is 0. The molecular weight excluding hydrogens is 589 g/mol. The lowest BCUT2D eigenvalue weighted by molar-refractivity contribution is -0.140. The maximum absolute atomic E-state index is 14.5. The number of anilines is 1. The lowest BCUT2D eigenvalue weighted by Crippen LogP contribution is -2.54. The molecule has 0 unspecified atom stereocenters. The van der Waals surface area contributed by atoms with Gasteiger partial charge in [0.25, 0.3) is 10.0 Å². The largest absolute Gasteiger partial charge is 0.352 e. The minimum absolute atomic E-state index is 0.0862. The summed E-state index contributed by atoms with van der Waals surface area (Å²) in [4.78, 5) is 29.7. The third kappa shape index (κ3) is 8.79. The average molecular weight is 630 g/mol. The van der Waals surface area contributed by atoms with Crippen LogP contribution in [0.3, 0.4) is 0 Å². The van der Waals surface area contributed by atoms with Gasteiger partial charge < -0.3 is 10.2 Å². The van der Waals surface area contributed by atoms with Gasteiger partial charge in [0.1, 0.15) is 18.4 Å². The van der Waals surface area contributed by atoms with Crippen molar-refractivity contribution < 1.29 is 22.4 Å². The second-order valence-corrected chi connectivity index (χ2v) is 13.2. The summed E-state index contributed by atoms with van der Waals surface area (Å²) < 4.78 is 42.8. The van der Waals surface area contributed by atoms with Crippen LogP contribution in [0.4, 0.5) is 10.1 Å². The first-order valence-corrected chi connectivity index (χ1v) is 16.5. The van der Waals surface area contributed by atoms with Crippen molar-refractivity contribution in [1.29, 1.82) is 0 Å². The normalized spacial score (nSPS) is 12.6. The standard InChI is InChI=1S/C36H40FN3O4S/c1-5-28(4)38-36(42)34(23-29-9-7-6-8-10-29)39(24-30-15-11-26(2)12-16-30)35(41)25-40(32-19-13-27(3)14-20-32)45(43,44)33-21-17-31(37)18-22-33/h6-22,28,34H,5,23-25H2,1-4H3,(H,38,42)/t28-,34-/m1/s1. The number of sulfonamides is 1. The number of carbonyl (C=O) groups is 2. The van der Waals surface area contributed by atoms with Crippen LogP contribution in [0.2, 0.25) is 0 Å². The van der Waals surface area contributed by atoms with Crippen molar-refractivity contribution in [3.05, 3.63) is 131 Å². The minimum Gasteiger partial charge on any atom is -0.352 e. The summed E-state index contributed by atoms with van der Waals surface area (Å²) in [5.41, 5.74) is 3.89. The first-order chi connectivity index (χ1) is 21.5. The Morgan fingerprint density at radius 3 is 1.96 bits per heavy atom. The molecule has 0 spiro atoms. The van der Waals surface area contributed by atoms with Crippen LogP contribution in [0.25, 0.3) is 0 Å². The second-order valence-electron chi connectivity index (χ2n) is 11.3. The number of carbonyl (C=O) groups excluding carboxylic acids is 2. The minimum atomic E-state index is -4.30. The molecule has 4 aromatic rings. The number of hydrogen-bond acceptors (Lipinski definition) is 4. The van der Waals surface area contributed by atoms with Crippen molar-refractivity contribution in [3.8, 4) is 0 Å². The van der Waals surface area contributed by atoms with Crippen LogP contribution in [-0.2, 0) is 32.6 Å². The van der Waals surface area contributed by atoms with Gasteiger partial charge in [0, 0.05) is 19.0 Å². The third-order valence-electron chi connectivity index (χ3n) is 7.75. The Kier molecular flexibility index (Phi) is 11.1. The summed E-state index contributed by atoms with van der Waals surface area (Å²) in [6, 6.07) is 27.3. The Hall–Kier alpha value is -4.50. The fourth-order valence-electron chi connectivity index (χ4n) is 4.86. The van der Waals surface area contributed by atoms with Crippen LogP contribution < -0.4 is 9.62 Å². The van der Waals surface area contributed by atoms with E-state index in [1.165, 1.54) is 17.0 Å². The van der Waals surface area contributed by atoms with E-state index < -0.39 is 34.3 Å². The summed E-state index contributed by atoms with van der Waals surface area (Å²) in [5, 5.41) is 3.03. The van der Waals surface area contributed by atoms with E-state index in [0.29, 0.717) is 6.42 Å². The zero-order valence-corrected chi connectivity index (χ0v) is 26.9. The van der Waals surface area contributed by atoms with Crippen LogP contribution in [0.15, 0.2) is 108 Å². The molecule has 0 aliphatic carbocycles. The topological polar surface area (TPSA) is 86.8 Å². The van der Waals surface area contributed by atoms with Crippen molar-refractivity contribution in [2.45, 2.75) is 64.1 Å². The lowest BCUT2D eigenvalue weighted by Gasteiger charge is -2.34. The molecule has 0 saturated carbocycles. The highest BCUT2D eigenvalue weighted by Gasteiger charge is 2.35. The molecule has 0 aliphatic rings. The predicted molar refractivity (Wildman–Crippen MR) is 176 cm³/mol. The van der Waals surface area contributed by atoms with E-state index in [4.69, 9.17) is 0 Å². The van der Waals surface area contributed by atoms with Gasteiger partial charge in [-0.1, -0.05) is 84.8 Å². The molecule has 4 aromatic carbocycles. The Bertz CT molecular complexity index is 1680. The third-order valence-corrected chi connectivity index (χ3v) is 9.54. The number of amides is 2. The average Bonchev–Trinajstić information content (AvgIpc) is 3.03. The van der Waals surface area contributed by atoms with Gasteiger partial charge in [-0.2, -0.15) is 0 Å². The molecule has 9 heteroatoms. The van der Waals surface area contributed by atoms with Crippen molar-refractivity contribution in [2.24, 2.45) is 0 Å². The number of benzene rings is 4. The fourth-order valence-corrected chi connectivity index (χ4v) is 6.27. The molecule has 2 atom stereocenters. The molecule has 0 aliphatic heterocycles. The molecule has 1 N–H and O–H groups in total. The Labute approximate surface area is 265 Å². The van der Waals surface area contributed by atoms with Crippen molar-refractivity contribution in [3.63, 3.8) is 0 Å². The summed E-state index contributed by atoms with van der Waals surface area (Å²) in [7, 11) is -4.30. The quantitative estimate of drug-likeness (QED) is 0.191. The van der Waals surface area contributed by atoms with Gasteiger partial charge in [-0.3, -0.25) is 13.9 Å². The van der Waals surface area contributed by atoms with E-state index >= 15 is 0 Å². The molecule has 0 radical (unpaired) electrons. The zero-order chi connectivity index (χ0) is 32.6. The molecule has 236 valence electrons. The smallest absolute Gasteiger partial charge is 0.264 e. The Morgan fingerprint density at radius 1 is 0.800 bits per heavy atom. The van der Waals surface area contributed by atoms with Gasteiger partial charge in [0.15, 0.2) is 0 Å². The first kappa shape index (κ1) is 33.4. The van der Waals surface area contributed by atoms with Gasteiger partial charge in [-0.25, -0.2) is 12.8 Å². The number of aryl methyl sites for hydroxylation is 2. The molecule has 0 aromatic heterocycles. The van der Waals surface area contributed by atoms with E-state index in [1.54, 1.807) is 24.3 Å². The van der Waals surface area contributed by atoms with E-state index in [-0.39, 0.29) is 35.5 Å². The molecule has 4 rings (SSSR count). The maximum Gasteiger partial charge on any atom is 0.264 e. The molecule has 2 amide bonds. The van der Waals surface area contributed by atoms with Crippen LogP contribution in [0.5, 0.6) is 0 Å². The molecule has 45 heavy (non-hydrogen) atoms. The fraction of sp³-hybridized carbons (Fsp3) is 0.278. The van der Waals surface area contributed by atoms with Gasteiger partial charge in [-0.05, 0) is 74.7 Å². The molecule has 0 heterocycles. The van der Waals surface area contributed by atoms with Crippen LogP contribution in [0, 0.1) is 19.7 Å². The summed E-state index contributed by atoms with van der Waals surface area (Å²) in [5.74, 6) is -1.45. The van der Waals surface area contributed by atoms with Gasteiger partial charge in [0.2, 0.25) is 11.8 Å². The Morgan fingerprint density at radius 2 is 1.38 bits per heavy atom. The van der Waals surface area contributed by atoms with Crippen LogP contribution >= 0.6 is 0 Å². The molecular formula is C36H40FN3O4S. The van der Waals surface area contributed by atoms with E-state index in [1.807, 2.05) is 82.3 Å². The zero-order valence-electron chi connectivity index (χ0n) is 26.1. The van der Waals surface area contributed by atoms with E-state index in [0.717, 1.165) is 38.7 Å². The van der Waals surface area contributed by atoms with E-state index in [2.05, 4.69) is 5.32 Å². The van der Waals surface area contributed by atoms with Gasteiger partial charge in [0.05, 0.1) is 10.6 Å². The highest BCUT2D eigenvalue weighted by atomic mass is 32.2. The number of nitrogens with one attached hydrogen (secondary N) is 1. The molecule has 0 saturated heterocycles. The SMILES string of the molecule is CC[C@@H](C)NC(=O)[C@@H](Cc1ccccc1)N(Cc1ccc(C)cc1)C(=O)CN(c1ccc(C)cc1)S(=O)(=O)c1ccc(F)cc1. The van der Waals surface area contributed by atoms with Crippen molar-refractivity contribution >= 4 is 27.5 Å². The Balaban J connectivity index is 1.80. The number of nitrogens with zero attached hydrogens (tertiary/aromatic N) is 2. The molecule has 0 bridgehead atoms. The second kappa shape index (κ2) is 15.0. The molecule has 7 nitrogen and oxygen atoms in total. The van der Waals surface area contributed by atoms with Crippen molar-refractivity contribution in [1.82, 2.24) is 10.2 Å². The predicted octanol–water partition coefficient (Wildman–Crippen LogP) is 6.19. The van der Waals surface area contributed by atoms with Gasteiger partial charge in [-0.15, -0.1) is 0 Å².